The molecular weight excluding hydrogens is 442 g/mol. The minimum atomic E-state index is -3.65. The zero-order chi connectivity index (χ0) is 23.6. The zero-order valence-electron chi connectivity index (χ0n) is 19.0. The molecule has 3 heterocycles. The summed E-state index contributed by atoms with van der Waals surface area (Å²) in [6.45, 7) is 5.79. The summed E-state index contributed by atoms with van der Waals surface area (Å²) in [5, 5.41) is 4.99. The monoisotopic (exact) mass is 471 g/mol. The van der Waals surface area contributed by atoms with E-state index >= 15 is 0 Å². The van der Waals surface area contributed by atoms with E-state index in [1.807, 2.05) is 23.1 Å². The van der Waals surface area contributed by atoms with E-state index in [-0.39, 0.29) is 17.2 Å². The van der Waals surface area contributed by atoms with E-state index in [0.29, 0.717) is 43.2 Å². The van der Waals surface area contributed by atoms with Crippen LogP contribution in [0.2, 0.25) is 0 Å². The molecule has 0 bridgehead atoms. The lowest BCUT2D eigenvalue weighted by Gasteiger charge is -2.39. The summed E-state index contributed by atoms with van der Waals surface area (Å²) >= 11 is 0. The fourth-order valence-corrected chi connectivity index (χ4v) is 5.73. The van der Waals surface area contributed by atoms with Gasteiger partial charge < -0.3 is 14.3 Å². The van der Waals surface area contributed by atoms with Gasteiger partial charge in [-0.25, -0.2) is 8.42 Å². The van der Waals surface area contributed by atoms with E-state index in [2.05, 4.69) is 5.16 Å². The van der Waals surface area contributed by atoms with Gasteiger partial charge in [0, 0.05) is 31.6 Å². The van der Waals surface area contributed by atoms with Gasteiger partial charge in [-0.2, -0.15) is 0 Å². The Hall–Kier alpha value is -2.94. The summed E-state index contributed by atoms with van der Waals surface area (Å²) in [4.78, 5) is 29.1. The van der Waals surface area contributed by atoms with Crippen LogP contribution in [0, 0.1) is 19.3 Å². The number of carbonyl (C=O) groups is 2. The fraction of sp³-hybridized carbons (Fsp3) is 0.458. The Balaban J connectivity index is 1.32. The molecule has 0 unspecified atom stereocenters. The number of amides is 2. The molecule has 1 aromatic carbocycles. The standard InChI is InChI=1S/C24H29N3O5S/c1-18-22(19(2)32-25-18)23(29)26-12-9-24(10-13-26)11-14-27(17-24)21(28)16-33(30,31)15-8-20-6-4-3-5-7-20/h3-8,15H,9-14,16-17H2,1-2H3/b15-8+. The molecule has 2 saturated heterocycles. The average Bonchev–Trinajstić information content (AvgIpc) is 3.36. The predicted octanol–water partition coefficient (Wildman–Crippen LogP) is 2.83. The van der Waals surface area contributed by atoms with Crippen LogP contribution in [0.1, 0.15) is 46.6 Å². The first kappa shape index (κ1) is 23.2. The number of carbonyl (C=O) groups excluding carboxylic acids is 2. The van der Waals surface area contributed by atoms with Crippen LogP contribution in [-0.4, -0.2) is 67.1 Å². The number of benzene rings is 1. The van der Waals surface area contributed by atoms with Crippen molar-refractivity contribution in [1.82, 2.24) is 15.0 Å². The lowest BCUT2D eigenvalue weighted by Crippen LogP contribution is -2.45. The van der Waals surface area contributed by atoms with Gasteiger partial charge in [-0.1, -0.05) is 35.5 Å². The number of likely N-dealkylation sites (tertiary alicyclic amines) is 2. The highest BCUT2D eigenvalue weighted by molar-refractivity contribution is 7.95. The van der Waals surface area contributed by atoms with Crippen molar-refractivity contribution < 1.29 is 22.5 Å². The van der Waals surface area contributed by atoms with Crippen molar-refractivity contribution in [2.75, 3.05) is 31.9 Å². The van der Waals surface area contributed by atoms with Gasteiger partial charge in [0.05, 0.1) is 5.69 Å². The van der Waals surface area contributed by atoms with Crippen molar-refractivity contribution >= 4 is 27.7 Å². The van der Waals surface area contributed by atoms with Crippen LogP contribution in [0.5, 0.6) is 0 Å². The minimum Gasteiger partial charge on any atom is -0.361 e. The van der Waals surface area contributed by atoms with Gasteiger partial charge in [-0.3, -0.25) is 9.59 Å². The van der Waals surface area contributed by atoms with Crippen LogP contribution in [0.15, 0.2) is 40.3 Å². The van der Waals surface area contributed by atoms with E-state index in [0.717, 1.165) is 30.2 Å². The van der Waals surface area contributed by atoms with Crippen molar-refractivity contribution in [3.8, 4) is 0 Å². The zero-order valence-corrected chi connectivity index (χ0v) is 19.8. The molecule has 9 heteroatoms. The number of rotatable bonds is 5. The summed E-state index contributed by atoms with van der Waals surface area (Å²) < 4.78 is 30.0. The highest BCUT2D eigenvalue weighted by Gasteiger charge is 2.43. The van der Waals surface area contributed by atoms with Gasteiger partial charge in [0.25, 0.3) is 5.91 Å². The summed E-state index contributed by atoms with van der Waals surface area (Å²) in [7, 11) is -3.65. The third-order valence-corrected chi connectivity index (χ3v) is 7.94. The summed E-state index contributed by atoms with van der Waals surface area (Å²) in [6, 6.07) is 9.13. The van der Waals surface area contributed by atoms with Crippen molar-refractivity contribution in [3.63, 3.8) is 0 Å². The molecule has 176 valence electrons. The van der Waals surface area contributed by atoms with E-state index in [4.69, 9.17) is 4.52 Å². The highest BCUT2D eigenvalue weighted by Crippen LogP contribution is 2.40. The number of nitrogens with zero attached hydrogens (tertiary/aromatic N) is 3. The van der Waals surface area contributed by atoms with Gasteiger partial charge in [0.2, 0.25) is 5.91 Å². The number of aromatic nitrogens is 1. The molecule has 2 aliphatic rings. The fourth-order valence-electron chi connectivity index (χ4n) is 4.74. The Bertz CT molecular complexity index is 1140. The molecule has 0 N–H and O–H groups in total. The number of hydrogen-bond acceptors (Lipinski definition) is 6. The third-order valence-electron chi connectivity index (χ3n) is 6.74. The van der Waals surface area contributed by atoms with Crippen LogP contribution >= 0.6 is 0 Å². The quantitative estimate of drug-likeness (QED) is 0.665. The lowest BCUT2D eigenvalue weighted by molar-refractivity contribution is -0.128. The van der Waals surface area contributed by atoms with Gasteiger partial charge in [-0.05, 0) is 50.2 Å². The Morgan fingerprint density at radius 1 is 1.06 bits per heavy atom. The van der Waals surface area contributed by atoms with Gasteiger partial charge in [0.15, 0.2) is 9.84 Å². The number of hydrogen-bond donors (Lipinski definition) is 0. The second-order valence-corrected chi connectivity index (χ2v) is 11.0. The van der Waals surface area contributed by atoms with Crippen molar-refractivity contribution in [2.24, 2.45) is 5.41 Å². The van der Waals surface area contributed by atoms with E-state index in [9.17, 15) is 18.0 Å². The molecular formula is C24H29N3O5S. The maximum absolute atomic E-state index is 12.9. The number of piperidine rings is 1. The molecule has 1 spiro atoms. The summed E-state index contributed by atoms with van der Waals surface area (Å²) in [6.07, 6.45) is 3.91. The molecule has 33 heavy (non-hydrogen) atoms. The number of sulfone groups is 1. The first-order chi connectivity index (χ1) is 15.7. The van der Waals surface area contributed by atoms with E-state index in [1.54, 1.807) is 30.9 Å². The Labute approximate surface area is 194 Å². The maximum Gasteiger partial charge on any atom is 0.259 e. The first-order valence-corrected chi connectivity index (χ1v) is 12.9. The van der Waals surface area contributed by atoms with Crippen LogP contribution in [-0.2, 0) is 14.6 Å². The average molecular weight is 472 g/mol. The maximum atomic E-state index is 12.9. The molecule has 2 fully saturated rings. The largest absolute Gasteiger partial charge is 0.361 e. The SMILES string of the molecule is Cc1noc(C)c1C(=O)N1CCC2(CCN(C(=O)CS(=O)(=O)/C=C/c3ccccc3)C2)CC1. The van der Waals surface area contributed by atoms with Gasteiger partial charge >= 0.3 is 0 Å². The second-order valence-electron chi connectivity index (χ2n) is 9.08. The first-order valence-electron chi connectivity index (χ1n) is 11.1. The molecule has 0 radical (unpaired) electrons. The van der Waals surface area contributed by atoms with Gasteiger partial charge in [-0.15, -0.1) is 0 Å². The summed E-state index contributed by atoms with van der Waals surface area (Å²) in [5.41, 5.74) is 1.84. The van der Waals surface area contributed by atoms with Crippen molar-refractivity contribution in [1.29, 1.82) is 0 Å². The highest BCUT2D eigenvalue weighted by atomic mass is 32.2. The van der Waals surface area contributed by atoms with Crippen molar-refractivity contribution in [2.45, 2.75) is 33.1 Å². The van der Waals surface area contributed by atoms with Crippen LogP contribution in [0.25, 0.3) is 6.08 Å². The minimum absolute atomic E-state index is 0.0607. The Morgan fingerprint density at radius 3 is 2.30 bits per heavy atom. The molecule has 0 aliphatic carbocycles. The number of aryl methyl sites for hydroxylation is 2. The molecule has 2 amide bonds. The Kier molecular flexibility index (Phi) is 6.43. The smallest absolute Gasteiger partial charge is 0.259 e. The molecule has 2 aliphatic heterocycles. The molecule has 0 saturated carbocycles. The predicted molar refractivity (Wildman–Crippen MR) is 124 cm³/mol. The molecule has 4 rings (SSSR count). The lowest BCUT2D eigenvalue weighted by atomic mass is 9.77. The summed E-state index contributed by atoms with van der Waals surface area (Å²) in [5.74, 6) is -0.427. The van der Waals surface area contributed by atoms with Crippen LogP contribution in [0.4, 0.5) is 0 Å². The third kappa shape index (κ3) is 5.19. The topological polar surface area (TPSA) is 101 Å². The van der Waals surface area contributed by atoms with E-state index in [1.165, 1.54) is 6.08 Å². The van der Waals surface area contributed by atoms with E-state index < -0.39 is 15.6 Å². The van der Waals surface area contributed by atoms with Crippen LogP contribution < -0.4 is 0 Å². The Morgan fingerprint density at radius 2 is 1.70 bits per heavy atom. The molecule has 0 atom stereocenters. The molecule has 1 aromatic heterocycles. The normalized spacial score (nSPS) is 18.4. The second kappa shape index (κ2) is 9.13. The van der Waals surface area contributed by atoms with Crippen LogP contribution in [0.3, 0.4) is 0 Å². The van der Waals surface area contributed by atoms with Crippen molar-refractivity contribution in [3.05, 3.63) is 58.3 Å². The molecule has 2 aromatic rings. The van der Waals surface area contributed by atoms with Gasteiger partial charge in [0.1, 0.15) is 17.1 Å². The molecule has 8 nitrogen and oxygen atoms in total.